The lowest BCUT2D eigenvalue weighted by molar-refractivity contribution is 0.889. The molecule has 0 aliphatic carbocycles. The highest BCUT2D eigenvalue weighted by Gasteiger charge is 2.21. The van der Waals surface area contributed by atoms with Crippen LogP contribution in [0.15, 0.2) is 63.2 Å². The molecule has 0 aliphatic rings. The van der Waals surface area contributed by atoms with Gasteiger partial charge in [-0.15, -0.1) is 23.5 Å². The van der Waals surface area contributed by atoms with Crippen molar-refractivity contribution in [3.63, 3.8) is 0 Å². The molecule has 3 rings (SSSR count). The van der Waals surface area contributed by atoms with Gasteiger partial charge in [0.05, 0.1) is 5.69 Å². The zero-order valence-electron chi connectivity index (χ0n) is 15.6. The summed E-state index contributed by atoms with van der Waals surface area (Å²) >= 11 is 9.02. The summed E-state index contributed by atoms with van der Waals surface area (Å²) in [5, 5.41) is 12.0. The standard InChI is InChI=1S/C20H19ClN4OS2/c1-23-17(22)16-19(28-3)24-18(12-4-10-15(27-2)11-5-12)25(20(16)26)14-8-6-13(21)7-9-14/h4-11H,1-3H3,(H2,22,23). The van der Waals surface area contributed by atoms with Gasteiger partial charge < -0.3 is 5.32 Å². The van der Waals surface area contributed by atoms with Crippen molar-refractivity contribution in [1.29, 1.82) is 5.41 Å². The van der Waals surface area contributed by atoms with Crippen LogP contribution in [0.1, 0.15) is 5.56 Å². The fourth-order valence-corrected chi connectivity index (χ4v) is 3.86. The molecule has 0 bridgehead atoms. The average Bonchev–Trinajstić information content (AvgIpc) is 2.73. The minimum absolute atomic E-state index is 0.0360. The molecule has 5 nitrogen and oxygen atoms in total. The third kappa shape index (κ3) is 3.97. The third-order valence-electron chi connectivity index (χ3n) is 4.18. The molecule has 28 heavy (non-hydrogen) atoms. The lowest BCUT2D eigenvalue weighted by Crippen LogP contribution is -2.33. The number of hydrogen-bond donors (Lipinski definition) is 2. The van der Waals surface area contributed by atoms with Gasteiger partial charge in [-0.25, -0.2) is 4.98 Å². The van der Waals surface area contributed by atoms with E-state index in [9.17, 15) is 4.79 Å². The van der Waals surface area contributed by atoms with Crippen molar-refractivity contribution in [1.82, 2.24) is 14.9 Å². The van der Waals surface area contributed by atoms with E-state index < -0.39 is 0 Å². The Morgan fingerprint density at radius 1 is 1.07 bits per heavy atom. The van der Waals surface area contributed by atoms with Gasteiger partial charge in [0.2, 0.25) is 0 Å². The molecule has 1 aromatic heterocycles. The average molecular weight is 431 g/mol. The molecule has 1 heterocycles. The van der Waals surface area contributed by atoms with Gasteiger partial charge in [0.15, 0.2) is 0 Å². The van der Waals surface area contributed by atoms with Crippen molar-refractivity contribution in [2.24, 2.45) is 0 Å². The lowest BCUT2D eigenvalue weighted by Gasteiger charge is -2.17. The summed E-state index contributed by atoms with van der Waals surface area (Å²) in [6.07, 6.45) is 3.86. The predicted octanol–water partition coefficient (Wildman–Crippen LogP) is 4.54. The van der Waals surface area contributed by atoms with Gasteiger partial charge in [-0.05, 0) is 48.9 Å². The number of amidine groups is 1. The quantitative estimate of drug-likeness (QED) is 0.269. The van der Waals surface area contributed by atoms with E-state index in [4.69, 9.17) is 22.0 Å². The van der Waals surface area contributed by atoms with Gasteiger partial charge in [0.25, 0.3) is 5.56 Å². The van der Waals surface area contributed by atoms with Gasteiger partial charge in [-0.3, -0.25) is 14.8 Å². The second-order valence-electron chi connectivity index (χ2n) is 5.79. The molecule has 144 valence electrons. The first-order valence-corrected chi connectivity index (χ1v) is 11.2. The number of thioether (sulfide) groups is 2. The molecule has 0 unspecified atom stereocenters. The molecule has 0 spiro atoms. The molecule has 0 amide bonds. The molecule has 0 saturated carbocycles. The summed E-state index contributed by atoms with van der Waals surface area (Å²) in [5.41, 5.74) is 1.41. The molecule has 2 N–H and O–H groups in total. The van der Waals surface area contributed by atoms with Gasteiger partial charge in [0, 0.05) is 22.5 Å². The van der Waals surface area contributed by atoms with Crippen molar-refractivity contribution in [2.75, 3.05) is 19.6 Å². The second-order valence-corrected chi connectivity index (χ2v) is 7.90. The summed E-state index contributed by atoms with van der Waals surface area (Å²) in [4.78, 5) is 19.3. The topological polar surface area (TPSA) is 70.8 Å². The van der Waals surface area contributed by atoms with Gasteiger partial charge >= 0.3 is 0 Å². The van der Waals surface area contributed by atoms with Crippen molar-refractivity contribution in [2.45, 2.75) is 9.92 Å². The zero-order valence-corrected chi connectivity index (χ0v) is 18.0. The maximum absolute atomic E-state index is 13.4. The fraction of sp³-hybridized carbons (Fsp3) is 0.150. The highest BCUT2D eigenvalue weighted by Crippen LogP contribution is 2.27. The minimum atomic E-state index is -0.301. The molecule has 0 aliphatic heterocycles. The number of benzene rings is 2. The number of rotatable bonds is 5. The lowest BCUT2D eigenvalue weighted by atomic mass is 10.1. The van der Waals surface area contributed by atoms with Gasteiger partial charge in [-0.2, -0.15) is 0 Å². The third-order valence-corrected chi connectivity index (χ3v) is 5.85. The molecular formula is C20H19ClN4OS2. The smallest absolute Gasteiger partial charge is 0.270 e. The minimum Gasteiger partial charge on any atom is -0.373 e. The Hall–Kier alpha value is -2.22. The number of aromatic nitrogens is 2. The van der Waals surface area contributed by atoms with Crippen LogP contribution in [0.4, 0.5) is 0 Å². The van der Waals surface area contributed by atoms with Crippen molar-refractivity contribution in [3.8, 4) is 17.1 Å². The highest BCUT2D eigenvalue weighted by atomic mass is 35.5. The van der Waals surface area contributed by atoms with E-state index in [-0.39, 0.29) is 17.0 Å². The van der Waals surface area contributed by atoms with E-state index in [0.717, 1.165) is 10.5 Å². The fourth-order valence-electron chi connectivity index (χ4n) is 2.75. The molecule has 0 fully saturated rings. The van der Waals surface area contributed by atoms with Gasteiger partial charge in [-0.1, -0.05) is 23.7 Å². The largest absolute Gasteiger partial charge is 0.373 e. The SMILES string of the molecule is CNC(=N)c1c(SC)nc(-c2ccc(SC)cc2)n(-c2ccc(Cl)cc2)c1=O. The monoisotopic (exact) mass is 430 g/mol. The van der Waals surface area contributed by atoms with E-state index in [1.165, 1.54) is 16.3 Å². The molecule has 0 saturated heterocycles. The highest BCUT2D eigenvalue weighted by molar-refractivity contribution is 7.98. The van der Waals surface area contributed by atoms with Crippen molar-refractivity contribution in [3.05, 3.63) is 69.5 Å². The second kappa shape index (κ2) is 8.86. The molecule has 0 atom stereocenters. The Morgan fingerprint density at radius 2 is 1.71 bits per heavy atom. The molecule has 2 aromatic carbocycles. The van der Waals surface area contributed by atoms with Crippen LogP contribution in [0, 0.1) is 5.41 Å². The number of nitrogens with zero attached hydrogens (tertiary/aromatic N) is 2. The Kier molecular flexibility index (Phi) is 6.49. The van der Waals surface area contributed by atoms with E-state index in [1.54, 1.807) is 43.1 Å². The van der Waals surface area contributed by atoms with Crippen LogP contribution >= 0.6 is 35.1 Å². The van der Waals surface area contributed by atoms with Crippen LogP contribution in [-0.4, -0.2) is 34.9 Å². The Morgan fingerprint density at radius 3 is 2.25 bits per heavy atom. The van der Waals surface area contributed by atoms with E-state index in [2.05, 4.69) is 5.32 Å². The summed E-state index contributed by atoms with van der Waals surface area (Å²) < 4.78 is 1.53. The maximum atomic E-state index is 13.4. The maximum Gasteiger partial charge on any atom is 0.270 e. The van der Waals surface area contributed by atoms with E-state index >= 15 is 0 Å². The predicted molar refractivity (Wildman–Crippen MR) is 120 cm³/mol. The molecular weight excluding hydrogens is 412 g/mol. The zero-order chi connectivity index (χ0) is 20.3. The van der Waals surface area contributed by atoms with Crippen LogP contribution in [0.5, 0.6) is 0 Å². The first kappa shape index (κ1) is 20.5. The summed E-state index contributed by atoms with van der Waals surface area (Å²) in [6.45, 7) is 0. The van der Waals surface area contributed by atoms with Crippen molar-refractivity contribution < 1.29 is 0 Å². The van der Waals surface area contributed by atoms with Crippen LogP contribution in [0.2, 0.25) is 5.02 Å². The summed E-state index contributed by atoms with van der Waals surface area (Å²) in [6, 6.07) is 14.9. The van der Waals surface area contributed by atoms with Crippen LogP contribution in [-0.2, 0) is 0 Å². The molecule has 8 heteroatoms. The van der Waals surface area contributed by atoms with Gasteiger partial charge in [0.1, 0.15) is 22.2 Å². The first-order valence-electron chi connectivity index (χ1n) is 8.38. The molecule has 3 aromatic rings. The number of nitrogens with one attached hydrogen (secondary N) is 2. The first-order chi connectivity index (χ1) is 13.5. The summed E-state index contributed by atoms with van der Waals surface area (Å²) in [5.74, 6) is 0.561. The Balaban J connectivity index is 2.35. The van der Waals surface area contributed by atoms with E-state index in [0.29, 0.717) is 21.6 Å². The van der Waals surface area contributed by atoms with Crippen LogP contribution in [0.3, 0.4) is 0 Å². The van der Waals surface area contributed by atoms with Crippen LogP contribution in [0.25, 0.3) is 17.1 Å². The van der Waals surface area contributed by atoms with E-state index in [1.807, 2.05) is 36.8 Å². The Bertz CT molecular complexity index is 1060. The normalized spacial score (nSPS) is 10.7. The summed E-state index contributed by atoms with van der Waals surface area (Å²) in [7, 11) is 1.62. The number of hydrogen-bond acceptors (Lipinski definition) is 5. The number of halogens is 1. The van der Waals surface area contributed by atoms with Crippen LogP contribution < -0.4 is 10.9 Å². The Labute approximate surface area is 177 Å². The van der Waals surface area contributed by atoms with Crippen molar-refractivity contribution >= 4 is 41.0 Å². The molecule has 0 radical (unpaired) electrons.